The molecule has 0 unspecified atom stereocenters. The summed E-state index contributed by atoms with van der Waals surface area (Å²) in [6, 6.07) is 12.0. The summed E-state index contributed by atoms with van der Waals surface area (Å²) in [5, 5.41) is 3.06. The molecule has 0 aliphatic carbocycles. The maximum absolute atomic E-state index is 13.2. The number of carbonyl (C=O) groups excluding carboxylic acids is 1. The fourth-order valence-electron chi connectivity index (χ4n) is 3.62. The van der Waals surface area contributed by atoms with E-state index in [1.54, 1.807) is 28.0 Å². The van der Waals surface area contributed by atoms with Crippen LogP contribution in [-0.2, 0) is 23.0 Å². The molecule has 11 heteroatoms. The molecule has 2 aromatic carbocycles. The number of amides is 1. The predicted molar refractivity (Wildman–Crippen MR) is 143 cm³/mol. The average molecular weight is 646 g/mol. The first-order valence-electron chi connectivity index (χ1n) is 10.4. The lowest BCUT2D eigenvalue weighted by atomic mass is 10.1. The number of nitrogens with zero attached hydrogens (tertiary/aromatic N) is 2. The van der Waals surface area contributed by atoms with Gasteiger partial charge in [-0.3, -0.25) is 4.79 Å². The third kappa shape index (κ3) is 5.26. The molecule has 0 aliphatic rings. The van der Waals surface area contributed by atoms with Crippen molar-refractivity contribution >= 4 is 80.8 Å². The van der Waals surface area contributed by atoms with Gasteiger partial charge < -0.3 is 4.57 Å². The van der Waals surface area contributed by atoms with Crippen molar-refractivity contribution in [3.05, 3.63) is 79.0 Å². The summed E-state index contributed by atoms with van der Waals surface area (Å²) in [6.07, 6.45) is 2.42. The van der Waals surface area contributed by atoms with Crippen LogP contribution in [0, 0.1) is 0 Å². The minimum atomic E-state index is -4.09. The van der Waals surface area contributed by atoms with Crippen LogP contribution in [0.4, 0.5) is 0 Å². The highest BCUT2D eigenvalue weighted by atomic mass is 79.9. The Bertz CT molecular complexity index is 1460. The molecule has 4 aromatic rings. The van der Waals surface area contributed by atoms with Crippen molar-refractivity contribution in [3.8, 4) is 0 Å². The Morgan fingerprint density at radius 3 is 2.62 bits per heavy atom. The highest BCUT2D eigenvalue weighted by Gasteiger charge is 2.27. The number of nitrogens with one attached hydrogen (secondary N) is 1. The number of carbonyl (C=O) groups is 1. The maximum Gasteiger partial charge on any atom is 0.284 e. The van der Waals surface area contributed by atoms with Crippen molar-refractivity contribution in [3.63, 3.8) is 0 Å². The summed E-state index contributed by atoms with van der Waals surface area (Å²) in [5.41, 5.74) is 1.02. The predicted octanol–water partition coefficient (Wildman–Crippen LogP) is 6.79. The lowest BCUT2D eigenvalue weighted by molar-refractivity contribution is 0.0972. The molecule has 6 nitrogen and oxygen atoms in total. The van der Waals surface area contributed by atoms with Gasteiger partial charge in [0.1, 0.15) is 11.5 Å². The molecule has 4 rings (SSSR count). The number of halogens is 3. The molecule has 2 heterocycles. The summed E-state index contributed by atoms with van der Waals surface area (Å²) < 4.78 is 32.3. The molecular formula is C23H20Br2ClN3O3S2. The number of thiophene rings is 1. The van der Waals surface area contributed by atoms with Gasteiger partial charge in [-0.25, -0.2) is 18.1 Å². The average Bonchev–Trinajstić information content (AvgIpc) is 3.34. The second-order valence-corrected chi connectivity index (χ2v) is 12.3. The lowest BCUT2D eigenvalue weighted by Gasteiger charge is -2.13. The maximum atomic E-state index is 13.2. The summed E-state index contributed by atoms with van der Waals surface area (Å²) in [6.45, 7) is 2.40. The van der Waals surface area contributed by atoms with Gasteiger partial charge in [-0.2, -0.15) is 0 Å². The zero-order valence-corrected chi connectivity index (χ0v) is 23.6. The van der Waals surface area contributed by atoms with Crippen LogP contribution < -0.4 is 4.72 Å². The molecule has 0 radical (unpaired) electrons. The zero-order chi connectivity index (χ0) is 24.5. The smallest absolute Gasteiger partial charge is 0.284 e. The Morgan fingerprint density at radius 1 is 1.18 bits per heavy atom. The van der Waals surface area contributed by atoms with Gasteiger partial charge in [-0.15, -0.1) is 11.3 Å². The fourth-order valence-corrected chi connectivity index (χ4v) is 6.85. The van der Waals surface area contributed by atoms with E-state index < -0.39 is 15.9 Å². The third-order valence-electron chi connectivity index (χ3n) is 5.28. The van der Waals surface area contributed by atoms with E-state index in [2.05, 4.69) is 48.5 Å². The molecule has 0 atom stereocenters. The largest absolute Gasteiger partial charge is 0.318 e. The van der Waals surface area contributed by atoms with Crippen molar-refractivity contribution < 1.29 is 13.2 Å². The number of fused-ring (bicyclic) bond motifs is 1. The van der Waals surface area contributed by atoms with Crippen LogP contribution in [0.25, 0.3) is 10.1 Å². The molecule has 34 heavy (non-hydrogen) atoms. The van der Waals surface area contributed by atoms with Crippen molar-refractivity contribution in [2.45, 2.75) is 37.6 Å². The van der Waals surface area contributed by atoms with Crippen LogP contribution in [0.15, 0.2) is 61.7 Å². The summed E-state index contributed by atoms with van der Waals surface area (Å²) in [5.74, 6) is -0.175. The monoisotopic (exact) mass is 643 g/mol. The molecule has 0 bridgehead atoms. The minimum Gasteiger partial charge on any atom is -0.318 e. The van der Waals surface area contributed by atoms with Crippen LogP contribution >= 0.6 is 54.8 Å². The number of sulfonamides is 1. The number of unbranched alkanes of at least 4 members (excludes halogenated alkanes) is 1. The van der Waals surface area contributed by atoms with Gasteiger partial charge in [0.15, 0.2) is 5.15 Å². The van der Waals surface area contributed by atoms with E-state index in [9.17, 15) is 13.2 Å². The van der Waals surface area contributed by atoms with Crippen LogP contribution in [0.3, 0.4) is 0 Å². The Kier molecular flexibility index (Phi) is 7.83. The number of rotatable bonds is 8. The second-order valence-electron chi connectivity index (χ2n) is 7.62. The Morgan fingerprint density at radius 2 is 1.91 bits per heavy atom. The number of benzene rings is 2. The summed E-state index contributed by atoms with van der Waals surface area (Å²) >= 11 is 14.9. The molecular weight excluding hydrogens is 626 g/mol. The van der Waals surface area contributed by atoms with Gasteiger partial charge in [0.05, 0.1) is 11.4 Å². The fraction of sp³-hybridized carbons (Fsp3) is 0.217. The van der Waals surface area contributed by atoms with Gasteiger partial charge in [-0.1, -0.05) is 62.9 Å². The Hall–Kier alpha value is -1.72. The van der Waals surface area contributed by atoms with E-state index in [0.29, 0.717) is 18.8 Å². The van der Waals surface area contributed by atoms with E-state index in [4.69, 9.17) is 11.6 Å². The first-order valence-corrected chi connectivity index (χ1v) is 14.8. The number of imidazole rings is 1. The highest BCUT2D eigenvalue weighted by molar-refractivity contribution is 9.11. The molecule has 0 spiro atoms. The van der Waals surface area contributed by atoms with E-state index in [1.807, 2.05) is 23.6 Å². The Labute approximate surface area is 223 Å². The molecule has 0 saturated carbocycles. The molecule has 178 valence electrons. The van der Waals surface area contributed by atoms with E-state index >= 15 is 0 Å². The SMILES string of the molecule is CCCCc1nc(Cl)c(C(=O)NS(=O)(=O)c2ccc(Br)cc2)n1Cc1csc2cccc(Br)c12. The number of hydrogen-bond acceptors (Lipinski definition) is 5. The lowest BCUT2D eigenvalue weighted by Crippen LogP contribution is -2.32. The van der Waals surface area contributed by atoms with Crippen molar-refractivity contribution in [1.82, 2.24) is 14.3 Å². The van der Waals surface area contributed by atoms with Gasteiger partial charge in [0, 0.05) is 25.5 Å². The third-order valence-corrected chi connectivity index (χ3v) is 9.07. The number of hydrogen-bond donors (Lipinski definition) is 1. The van der Waals surface area contributed by atoms with Crippen LogP contribution in [-0.4, -0.2) is 23.9 Å². The molecule has 1 amide bonds. The number of aryl methyl sites for hydroxylation is 1. The van der Waals surface area contributed by atoms with Crippen molar-refractivity contribution in [1.29, 1.82) is 0 Å². The standard InChI is InChI=1S/C23H20Br2ClN3O3S2/c1-2-3-7-19-27-22(26)21(23(30)28-34(31,32)16-10-8-15(24)9-11-16)29(19)12-14-13-33-18-6-4-5-17(25)20(14)18/h4-6,8-11,13H,2-3,7,12H2,1H3,(H,28,30). The van der Waals surface area contributed by atoms with Crippen LogP contribution in [0.2, 0.25) is 5.15 Å². The second kappa shape index (κ2) is 10.5. The first-order chi connectivity index (χ1) is 16.2. The van der Waals surface area contributed by atoms with E-state index in [0.717, 1.165) is 37.4 Å². The first kappa shape index (κ1) is 25.4. The molecule has 1 N–H and O–H groups in total. The summed E-state index contributed by atoms with van der Waals surface area (Å²) in [4.78, 5) is 17.6. The van der Waals surface area contributed by atoms with Crippen molar-refractivity contribution in [2.75, 3.05) is 0 Å². The topological polar surface area (TPSA) is 81.1 Å². The van der Waals surface area contributed by atoms with Crippen molar-refractivity contribution in [2.24, 2.45) is 0 Å². The van der Waals surface area contributed by atoms with E-state index in [1.165, 1.54) is 12.1 Å². The molecule has 0 aliphatic heterocycles. The summed E-state index contributed by atoms with van der Waals surface area (Å²) in [7, 11) is -4.09. The van der Waals surface area contributed by atoms with Gasteiger partial charge in [0.25, 0.3) is 15.9 Å². The zero-order valence-electron chi connectivity index (χ0n) is 18.0. The number of aromatic nitrogens is 2. The minimum absolute atomic E-state index is 0.0202. The van der Waals surface area contributed by atoms with Gasteiger partial charge in [-0.05, 0) is 53.8 Å². The van der Waals surface area contributed by atoms with Gasteiger partial charge in [0.2, 0.25) is 0 Å². The Balaban J connectivity index is 1.74. The quantitative estimate of drug-likeness (QED) is 0.229. The normalized spacial score (nSPS) is 11.8. The van der Waals surface area contributed by atoms with Crippen LogP contribution in [0.5, 0.6) is 0 Å². The molecule has 0 fully saturated rings. The van der Waals surface area contributed by atoms with Crippen LogP contribution in [0.1, 0.15) is 41.6 Å². The molecule has 2 aromatic heterocycles. The molecule has 0 saturated heterocycles. The highest BCUT2D eigenvalue weighted by Crippen LogP contribution is 2.34. The van der Waals surface area contributed by atoms with E-state index in [-0.39, 0.29) is 15.7 Å². The van der Waals surface area contributed by atoms with Gasteiger partial charge >= 0.3 is 0 Å².